The molecule has 2 aromatic carbocycles. The van der Waals surface area contributed by atoms with E-state index in [9.17, 15) is 4.79 Å². The second kappa shape index (κ2) is 4.91. The van der Waals surface area contributed by atoms with Gasteiger partial charge in [-0.15, -0.1) is 0 Å². The van der Waals surface area contributed by atoms with Crippen molar-refractivity contribution in [2.24, 2.45) is 0 Å². The summed E-state index contributed by atoms with van der Waals surface area (Å²) in [5.74, 6) is 0.690. The van der Waals surface area contributed by atoms with Crippen molar-refractivity contribution in [3.63, 3.8) is 0 Å². The minimum absolute atomic E-state index is 0.0624. The minimum Gasteiger partial charge on any atom is -0.497 e. The molecule has 2 aliphatic rings. The fourth-order valence-corrected chi connectivity index (χ4v) is 3.08. The van der Waals surface area contributed by atoms with Crippen molar-refractivity contribution in [1.29, 1.82) is 0 Å². The molecule has 0 unspecified atom stereocenters. The molecule has 2 aromatic rings. The molecule has 0 radical (unpaired) electrons. The first-order valence-corrected chi connectivity index (χ1v) is 7.32. The molecule has 4 nitrogen and oxygen atoms in total. The van der Waals surface area contributed by atoms with E-state index in [0.29, 0.717) is 5.57 Å². The van der Waals surface area contributed by atoms with Crippen molar-refractivity contribution in [1.82, 2.24) is 0 Å². The maximum Gasteiger partial charge on any atom is 0.257 e. The predicted molar refractivity (Wildman–Crippen MR) is 87.1 cm³/mol. The van der Waals surface area contributed by atoms with Crippen LogP contribution in [0, 0.1) is 0 Å². The lowest BCUT2D eigenvalue weighted by atomic mass is 10.1. The number of rotatable bonds is 2. The van der Waals surface area contributed by atoms with Gasteiger partial charge in [0.15, 0.2) is 0 Å². The molecule has 0 saturated carbocycles. The van der Waals surface area contributed by atoms with E-state index in [1.165, 1.54) is 11.3 Å². The second-order valence-electron chi connectivity index (χ2n) is 5.48. The number of anilines is 2. The number of nitrogens with zero attached hydrogens (tertiary/aromatic N) is 1. The average molecular weight is 292 g/mol. The van der Waals surface area contributed by atoms with E-state index in [-0.39, 0.29) is 5.91 Å². The van der Waals surface area contributed by atoms with Crippen LogP contribution >= 0.6 is 0 Å². The first-order chi connectivity index (χ1) is 10.8. The van der Waals surface area contributed by atoms with Gasteiger partial charge in [0, 0.05) is 29.7 Å². The summed E-state index contributed by atoms with van der Waals surface area (Å²) in [4.78, 5) is 14.4. The Hall–Kier alpha value is -2.75. The minimum atomic E-state index is -0.0624. The molecule has 1 amide bonds. The van der Waals surface area contributed by atoms with Crippen LogP contribution in [0.25, 0.3) is 5.57 Å². The van der Waals surface area contributed by atoms with Crippen molar-refractivity contribution in [3.05, 3.63) is 59.8 Å². The summed E-state index contributed by atoms with van der Waals surface area (Å²) in [6.45, 7) is 0.898. The summed E-state index contributed by atoms with van der Waals surface area (Å²) < 4.78 is 5.27. The molecule has 0 aliphatic carbocycles. The van der Waals surface area contributed by atoms with E-state index in [1.54, 1.807) is 7.11 Å². The van der Waals surface area contributed by atoms with Gasteiger partial charge >= 0.3 is 0 Å². The monoisotopic (exact) mass is 292 g/mol. The highest BCUT2D eigenvalue weighted by Gasteiger charge is 2.27. The largest absolute Gasteiger partial charge is 0.497 e. The van der Waals surface area contributed by atoms with Crippen molar-refractivity contribution < 1.29 is 9.53 Å². The number of methoxy groups -OCH3 is 1. The molecule has 0 saturated heterocycles. The molecule has 0 aromatic heterocycles. The number of benzene rings is 2. The Morgan fingerprint density at radius 3 is 2.95 bits per heavy atom. The molecule has 0 atom stereocenters. The third kappa shape index (κ3) is 1.96. The van der Waals surface area contributed by atoms with Crippen molar-refractivity contribution >= 4 is 22.9 Å². The van der Waals surface area contributed by atoms with Gasteiger partial charge in [-0.3, -0.25) is 4.79 Å². The SMILES string of the molecule is COc1ccc2c(c1)/C(=C\N1CCc3ccccc31)C(=O)N2. The average Bonchev–Trinajstić information content (AvgIpc) is 3.09. The standard InChI is InChI=1S/C18H16N2O2/c1-22-13-6-7-16-14(10-13)15(18(21)19-16)11-20-9-8-12-4-2-3-5-17(12)20/h2-7,10-11H,8-9H2,1H3,(H,19,21)/b15-11+. The highest BCUT2D eigenvalue weighted by molar-refractivity contribution is 6.31. The number of hydrogen-bond acceptors (Lipinski definition) is 3. The van der Waals surface area contributed by atoms with Crippen LogP contribution in [0.4, 0.5) is 11.4 Å². The molecule has 2 aliphatic heterocycles. The number of ether oxygens (including phenoxy) is 1. The van der Waals surface area contributed by atoms with Crippen LogP contribution < -0.4 is 15.0 Å². The maximum absolute atomic E-state index is 12.3. The first kappa shape index (κ1) is 13.0. The topological polar surface area (TPSA) is 41.6 Å². The van der Waals surface area contributed by atoms with Gasteiger partial charge in [0.25, 0.3) is 5.91 Å². The van der Waals surface area contributed by atoms with Crippen LogP contribution in [-0.4, -0.2) is 19.6 Å². The highest BCUT2D eigenvalue weighted by atomic mass is 16.5. The lowest BCUT2D eigenvalue weighted by molar-refractivity contribution is -0.110. The van der Waals surface area contributed by atoms with E-state index in [2.05, 4.69) is 28.4 Å². The van der Waals surface area contributed by atoms with Gasteiger partial charge in [0.1, 0.15) is 5.75 Å². The van der Waals surface area contributed by atoms with Crippen LogP contribution in [0.3, 0.4) is 0 Å². The van der Waals surface area contributed by atoms with E-state index in [1.807, 2.05) is 30.5 Å². The van der Waals surface area contributed by atoms with Gasteiger partial charge in [0.05, 0.1) is 12.7 Å². The summed E-state index contributed by atoms with van der Waals surface area (Å²) in [7, 11) is 1.63. The molecular formula is C18H16N2O2. The predicted octanol–water partition coefficient (Wildman–Crippen LogP) is 3.05. The smallest absolute Gasteiger partial charge is 0.257 e. The zero-order valence-corrected chi connectivity index (χ0v) is 12.3. The summed E-state index contributed by atoms with van der Waals surface area (Å²) in [6, 6.07) is 14.0. The van der Waals surface area contributed by atoms with Gasteiger partial charge < -0.3 is 15.0 Å². The molecule has 0 fully saturated rings. The number of fused-ring (bicyclic) bond motifs is 2. The summed E-state index contributed by atoms with van der Waals surface area (Å²) in [5.41, 5.74) is 4.92. The van der Waals surface area contributed by atoms with E-state index < -0.39 is 0 Å². The quantitative estimate of drug-likeness (QED) is 0.865. The lowest BCUT2D eigenvalue weighted by Gasteiger charge is -2.15. The third-order valence-corrected chi connectivity index (χ3v) is 4.22. The molecule has 22 heavy (non-hydrogen) atoms. The molecule has 1 N–H and O–H groups in total. The van der Waals surface area contributed by atoms with Crippen molar-refractivity contribution in [2.45, 2.75) is 6.42 Å². The molecule has 0 spiro atoms. The lowest BCUT2D eigenvalue weighted by Crippen LogP contribution is -2.15. The van der Waals surface area contributed by atoms with Crippen LogP contribution in [0.2, 0.25) is 0 Å². The number of amides is 1. The molecule has 0 bridgehead atoms. The molecule has 110 valence electrons. The van der Waals surface area contributed by atoms with Gasteiger partial charge in [-0.1, -0.05) is 18.2 Å². The van der Waals surface area contributed by atoms with E-state index in [4.69, 9.17) is 4.74 Å². The van der Waals surface area contributed by atoms with Crippen LogP contribution in [-0.2, 0) is 11.2 Å². The van der Waals surface area contributed by atoms with Crippen molar-refractivity contribution in [2.75, 3.05) is 23.9 Å². The fourth-order valence-electron chi connectivity index (χ4n) is 3.08. The maximum atomic E-state index is 12.3. The Balaban J connectivity index is 1.77. The van der Waals surface area contributed by atoms with Crippen LogP contribution in [0.15, 0.2) is 48.7 Å². The number of carbonyl (C=O) groups excluding carboxylic acids is 1. The zero-order chi connectivity index (χ0) is 15.1. The van der Waals surface area contributed by atoms with Gasteiger partial charge in [-0.25, -0.2) is 0 Å². The third-order valence-electron chi connectivity index (χ3n) is 4.22. The van der Waals surface area contributed by atoms with E-state index in [0.717, 1.165) is 30.0 Å². The molecule has 4 rings (SSSR count). The highest BCUT2D eigenvalue weighted by Crippen LogP contribution is 2.36. The molecule has 2 heterocycles. The molecular weight excluding hydrogens is 276 g/mol. The van der Waals surface area contributed by atoms with Gasteiger partial charge in [-0.05, 0) is 36.2 Å². The molecule has 4 heteroatoms. The summed E-state index contributed by atoms with van der Waals surface area (Å²) in [5, 5.41) is 2.91. The fraction of sp³-hybridized carbons (Fsp3) is 0.167. The Labute approximate surface area is 129 Å². The van der Waals surface area contributed by atoms with Gasteiger partial charge in [0.2, 0.25) is 0 Å². The number of para-hydroxylation sites is 1. The Morgan fingerprint density at radius 2 is 2.09 bits per heavy atom. The van der Waals surface area contributed by atoms with Gasteiger partial charge in [-0.2, -0.15) is 0 Å². The number of hydrogen-bond donors (Lipinski definition) is 1. The summed E-state index contributed by atoms with van der Waals surface area (Å²) >= 11 is 0. The Kier molecular flexibility index (Phi) is 2.89. The Bertz CT molecular complexity index is 795. The first-order valence-electron chi connectivity index (χ1n) is 7.32. The zero-order valence-electron chi connectivity index (χ0n) is 12.3. The Morgan fingerprint density at radius 1 is 1.23 bits per heavy atom. The number of nitrogens with one attached hydrogen (secondary N) is 1. The summed E-state index contributed by atoms with van der Waals surface area (Å²) in [6.07, 6.45) is 2.96. The van der Waals surface area contributed by atoms with Crippen molar-refractivity contribution in [3.8, 4) is 5.75 Å². The van der Waals surface area contributed by atoms with Crippen LogP contribution in [0.1, 0.15) is 11.1 Å². The normalized spacial score (nSPS) is 17.4. The number of carbonyl (C=O) groups is 1. The van der Waals surface area contributed by atoms with Crippen LogP contribution in [0.5, 0.6) is 5.75 Å². The second-order valence-corrected chi connectivity index (χ2v) is 5.48. The van der Waals surface area contributed by atoms with E-state index >= 15 is 0 Å².